The minimum absolute atomic E-state index is 1.05. The Balaban J connectivity index is 2.39. The monoisotopic (exact) mass is 222 g/mol. The van der Waals surface area contributed by atoms with Gasteiger partial charge in [-0.05, 0) is 30.0 Å². The fourth-order valence-corrected chi connectivity index (χ4v) is 2.25. The van der Waals surface area contributed by atoms with E-state index in [0.29, 0.717) is 0 Å². The smallest absolute Gasteiger partial charge is 0.0944 e. The summed E-state index contributed by atoms with van der Waals surface area (Å²) in [7, 11) is 2.05. The van der Waals surface area contributed by atoms with Gasteiger partial charge < -0.3 is 4.57 Å². The van der Waals surface area contributed by atoms with Gasteiger partial charge in [0.25, 0.3) is 0 Å². The van der Waals surface area contributed by atoms with Gasteiger partial charge in [-0.25, -0.2) is 0 Å². The fourth-order valence-electron chi connectivity index (χ4n) is 2.25. The van der Waals surface area contributed by atoms with E-state index < -0.39 is 0 Å². The highest BCUT2D eigenvalue weighted by Crippen LogP contribution is 2.28. The number of aryl methyl sites for hydroxylation is 2. The number of rotatable bonds is 1. The van der Waals surface area contributed by atoms with Gasteiger partial charge >= 0.3 is 0 Å². The molecule has 3 aromatic rings. The molecule has 2 aromatic heterocycles. The van der Waals surface area contributed by atoms with Crippen molar-refractivity contribution in [2.75, 3.05) is 0 Å². The first-order valence-electron chi connectivity index (χ1n) is 5.73. The third kappa shape index (κ3) is 1.53. The van der Waals surface area contributed by atoms with Crippen LogP contribution in [-0.2, 0) is 7.05 Å². The van der Waals surface area contributed by atoms with E-state index in [1.807, 2.05) is 25.5 Å². The summed E-state index contributed by atoms with van der Waals surface area (Å²) < 4.78 is 2.10. The molecule has 0 aliphatic heterocycles. The van der Waals surface area contributed by atoms with Gasteiger partial charge in [-0.2, -0.15) is 0 Å². The summed E-state index contributed by atoms with van der Waals surface area (Å²) >= 11 is 0. The average molecular weight is 222 g/mol. The number of hydrogen-bond acceptors (Lipinski definition) is 1. The normalized spacial score (nSPS) is 10.9. The van der Waals surface area contributed by atoms with Gasteiger partial charge in [0.2, 0.25) is 0 Å². The maximum Gasteiger partial charge on any atom is 0.0944 e. The summed E-state index contributed by atoms with van der Waals surface area (Å²) in [4.78, 5) is 4.59. The number of hydrogen-bond donors (Lipinski definition) is 0. The second-order valence-corrected chi connectivity index (χ2v) is 4.34. The van der Waals surface area contributed by atoms with E-state index >= 15 is 0 Å². The van der Waals surface area contributed by atoms with E-state index in [1.165, 1.54) is 16.3 Å². The van der Waals surface area contributed by atoms with Crippen LogP contribution < -0.4 is 0 Å². The van der Waals surface area contributed by atoms with Crippen LogP contribution in [0.2, 0.25) is 0 Å². The Hall–Kier alpha value is -2.09. The highest BCUT2D eigenvalue weighted by atomic mass is 14.9. The van der Waals surface area contributed by atoms with E-state index in [1.54, 1.807) is 0 Å². The summed E-state index contributed by atoms with van der Waals surface area (Å²) in [6.45, 7) is 2.10. The summed E-state index contributed by atoms with van der Waals surface area (Å²) in [5, 5.41) is 2.49. The van der Waals surface area contributed by atoms with Crippen LogP contribution in [0.4, 0.5) is 0 Å². The largest absolute Gasteiger partial charge is 0.349 e. The molecule has 3 rings (SSSR count). The van der Waals surface area contributed by atoms with Crippen LogP contribution in [-0.4, -0.2) is 9.55 Å². The SMILES string of the molecule is Cc1cnc(-c2cccn2C)c2ccccc12. The van der Waals surface area contributed by atoms with Gasteiger partial charge in [-0.15, -0.1) is 0 Å². The molecule has 0 radical (unpaired) electrons. The first-order valence-corrected chi connectivity index (χ1v) is 5.73. The van der Waals surface area contributed by atoms with Crippen LogP contribution in [0, 0.1) is 6.92 Å². The van der Waals surface area contributed by atoms with Crippen LogP contribution in [0.1, 0.15) is 5.56 Å². The fraction of sp³-hybridized carbons (Fsp3) is 0.133. The lowest BCUT2D eigenvalue weighted by Gasteiger charge is -2.08. The molecule has 0 atom stereocenters. The molecule has 2 nitrogen and oxygen atoms in total. The predicted molar refractivity (Wildman–Crippen MR) is 70.9 cm³/mol. The molecule has 0 aliphatic carbocycles. The van der Waals surface area contributed by atoms with Crippen molar-refractivity contribution >= 4 is 10.8 Å². The van der Waals surface area contributed by atoms with Crippen molar-refractivity contribution in [3.05, 3.63) is 54.4 Å². The molecule has 0 saturated heterocycles. The second kappa shape index (κ2) is 3.74. The molecule has 17 heavy (non-hydrogen) atoms. The van der Waals surface area contributed by atoms with E-state index in [9.17, 15) is 0 Å². The molecule has 0 fully saturated rings. The van der Waals surface area contributed by atoms with Crippen LogP contribution in [0.25, 0.3) is 22.2 Å². The number of benzene rings is 1. The zero-order valence-corrected chi connectivity index (χ0v) is 10.0. The highest BCUT2D eigenvalue weighted by Gasteiger charge is 2.08. The van der Waals surface area contributed by atoms with Crippen molar-refractivity contribution in [3.8, 4) is 11.4 Å². The number of nitrogens with zero attached hydrogens (tertiary/aromatic N) is 2. The molecule has 0 unspecified atom stereocenters. The van der Waals surface area contributed by atoms with Crippen molar-refractivity contribution in [2.45, 2.75) is 6.92 Å². The Morgan fingerprint density at radius 3 is 2.47 bits per heavy atom. The minimum Gasteiger partial charge on any atom is -0.349 e. The van der Waals surface area contributed by atoms with Crippen molar-refractivity contribution in [2.24, 2.45) is 7.05 Å². The Bertz CT molecular complexity index is 680. The maximum absolute atomic E-state index is 4.59. The zero-order chi connectivity index (χ0) is 11.8. The lowest BCUT2D eigenvalue weighted by atomic mass is 10.0. The van der Waals surface area contributed by atoms with Gasteiger partial charge in [0.15, 0.2) is 0 Å². The standard InChI is InChI=1S/C15H14N2/c1-11-10-16-15(14-8-5-9-17(14)2)13-7-4-3-6-12(11)13/h3-10H,1-2H3. The zero-order valence-electron chi connectivity index (χ0n) is 10.0. The summed E-state index contributed by atoms with van der Waals surface area (Å²) in [6.07, 6.45) is 4.00. The Morgan fingerprint density at radius 1 is 1.00 bits per heavy atom. The van der Waals surface area contributed by atoms with Crippen LogP contribution in [0.3, 0.4) is 0 Å². The molecular weight excluding hydrogens is 208 g/mol. The van der Waals surface area contributed by atoms with Crippen molar-refractivity contribution < 1.29 is 0 Å². The molecular formula is C15H14N2. The highest BCUT2D eigenvalue weighted by molar-refractivity contribution is 5.95. The summed E-state index contributed by atoms with van der Waals surface area (Å²) in [6, 6.07) is 12.6. The first-order chi connectivity index (χ1) is 8.27. The Kier molecular flexibility index (Phi) is 2.22. The molecule has 2 heterocycles. The predicted octanol–water partition coefficient (Wildman–Crippen LogP) is 3.55. The van der Waals surface area contributed by atoms with E-state index in [-0.39, 0.29) is 0 Å². The van der Waals surface area contributed by atoms with Gasteiger partial charge in [0, 0.05) is 24.8 Å². The molecule has 0 N–H and O–H groups in total. The van der Waals surface area contributed by atoms with E-state index in [2.05, 4.69) is 46.8 Å². The lowest BCUT2D eigenvalue weighted by Crippen LogP contribution is -1.94. The third-order valence-electron chi connectivity index (χ3n) is 3.18. The van der Waals surface area contributed by atoms with Crippen molar-refractivity contribution in [1.29, 1.82) is 0 Å². The molecule has 2 heteroatoms. The van der Waals surface area contributed by atoms with E-state index in [4.69, 9.17) is 0 Å². The summed E-state index contributed by atoms with van der Waals surface area (Å²) in [5.74, 6) is 0. The molecule has 0 saturated carbocycles. The molecule has 0 bridgehead atoms. The summed E-state index contributed by atoms with van der Waals surface area (Å²) in [5.41, 5.74) is 3.43. The first kappa shape index (κ1) is 10.1. The molecule has 1 aromatic carbocycles. The Labute approximate surface area is 101 Å². The Morgan fingerprint density at radius 2 is 1.76 bits per heavy atom. The van der Waals surface area contributed by atoms with Gasteiger partial charge in [-0.1, -0.05) is 24.3 Å². The number of pyridine rings is 1. The lowest BCUT2D eigenvalue weighted by molar-refractivity contribution is 0.932. The number of fused-ring (bicyclic) bond motifs is 1. The van der Waals surface area contributed by atoms with E-state index in [0.717, 1.165) is 11.4 Å². The van der Waals surface area contributed by atoms with Crippen molar-refractivity contribution in [3.63, 3.8) is 0 Å². The quantitative estimate of drug-likeness (QED) is 0.615. The van der Waals surface area contributed by atoms with Gasteiger partial charge in [-0.3, -0.25) is 4.98 Å². The molecule has 0 amide bonds. The average Bonchev–Trinajstić information content (AvgIpc) is 2.77. The van der Waals surface area contributed by atoms with Crippen LogP contribution >= 0.6 is 0 Å². The molecule has 84 valence electrons. The van der Waals surface area contributed by atoms with Crippen molar-refractivity contribution in [1.82, 2.24) is 9.55 Å². The third-order valence-corrected chi connectivity index (χ3v) is 3.18. The van der Waals surface area contributed by atoms with Gasteiger partial charge in [0.05, 0.1) is 11.4 Å². The molecule has 0 spiro atoms. The van der Waals surface area contributed by atoms with Crippen LogP contribution in [0.5, 0.6) is 0 Å². The molecule has 0 aliphatic rings. The topological polar surface area (TPSA) is 17.8 Å². The van der Waals surface area contributed by atoms with Gasteiger partial charge in [0.1, 0.15) is 0 Å². The maximum atomic E-state index is 4.59. The number of aromatic nitrogens is 2. The van der Waals surface area contributed by atoms with Crippen LogP contribution in [0.15, 0.2) is 48.8 Å². The second-order valence-electron chi connectivity index (χ2n) is 4.34. The minimum atomic E-state index is 1.05.